The zero-order chi connectivity index (χ0) is 11.2. The van der Waals surface area contributed by atoms with Crippen molar-refractivity contribution in [1.82, 2.24) is 5.64 Å². The Balaban J connectivity index is 1.47. The number of rotatable bonds is 4. The average Bonchev–Trinajstić information content (AvgIpc) is 3.16. The molecule has 2 unspecified atom stereocenters. The number of hydrogen-bond donors (Lipinski definition) is 1. The van der Waals surface area contributed by atoms with E-state index in [1.54, 1.807) is 0 Å². The van der Waals surface area contributed by atoms with Gasteiger partial charge in [-0.15, -0.1) is 0 Å². The Morgan fingerprint density at radius 3 is 3.00 bits per heavy atom. The van der Waals surface area contributed by atoms with Gasteiger partial charge in [0.15, 0.2) is 6.61 Å². The topological polar surface area (TPSA) is 64.3 Å². The third kappa shape index (κ3) is 4.26. The molecule has 2 atom stereocenters. The van der Waals surface area contributed by atoms with Gasteiger partial charge in [0, 0.05) is 0 Å². The summed E-state index contributed by atoms with van der Waals surface area (Å²) in [5.41, 5.74) is 2.76. The van der Waals surface area contributed by atoms with E-state index in [2.05, 4.69) is 39.2 Å². The van der Waals surface area contributed by atoms with E-state index in [1.807, 2.05) is 0 Å². The number of nitrogens with zero attached hydrogens (tertiary/aromatic N) is 2. The van der Waals surface area contributed by atoms with Gasteiger partial charge in [-0.1, -0.05) is 6.58 Å². The van der Waals surface area contributed by atoms with Gasteiger partial charge in [-0.05, 0) is 9.78 Å². The molecule has 7 heteroatoms. The molecular formula is C9H11N3O4+2. The second-order valence-electron chi connectivity index (χ2n) is 3.09. The molecule has 0 aromatic rings. The summed E-state index contributed by atoms with van der Waals surface area (Å²) in [7, 11) is 0. The van der Waals surface area contributed by atoms with Crippen LogP contribution in [0.25, 0.3) is 9.85 Å². The summed E-state index contributed by atoms with van der Waals surface area (Å²) in [6.45, 7) is 5.13. The van der Waals surface area contributed by atoms with Gasteiger partial charge in [0.2, 0.25) is 11.6 Å². The molecule has 0 spiro atoms. The van der Waals surface area contributed by atoms with Crippen molar-refractivity contribution in [3.8, 4) is 12.1 Å². The SMILES string of the molecule is C=C(C#[N+]ONOCC#[N+]C1CO1)C1CO1. The Labute approximate surface area is 92.0 Å². The van der Waals surface area contributed by atoms with Crippen molar-refractivity contribution >= 4 is 0 Å². The Morgan fingerprint density at radius 1 is 1.50 bits per heavy atom. The fourth-order valence-electron chi connectivity index (χ4n) is 0.766. The number of epoxide rings is 2. The predicted molar refractivity (Wildman–Crippen MR) is 53.3 cm³/mol. The van der Waals surface area contributed by atoms with Crippen LogP contribution in [0.3, 0.4) is 0 Å². The van der Waals surface area contributed by atoms with Crippen molar-refractivity contribution in [2.45, 2.75) is 12.3 Å². The third-order valence-electron chi connectivity index (χ3n) is 1.74. The fraction of sp³-hybridized carbons (Fsp3) is 0.556. The summed E-state index contributed by atoms with van der Waals surface area (Å²) in [5.74, 6) is 0. The molecule has 1 N–H and O–H groups in total. The summed E-state index contributed by atoms with van der Waals surface area (Å²) in [6.07, 6.45) is -0.00925. The maximum atomic E-state index is 4.95. The molecule has 0 radical (unpaired) electrons. The standard InChI is InChI=1S/C9H11N3O4/c1-7(8-5-13-8)4-11-16-12-15-3-2-10-9-6-14-9/h8-9,12H,1,3,5-6H2/q+2. The van der Waals surface area contributed by atoms with Crippen LogP contribution in [0.1, 0.15) is 0 Å². The summed E-state index contributed by atoms with van der Waals surface area (Å²) in [4.78, 5) is 13.1. The third-order valence-corrected chi connectivity index (χ3v) is 1.74. The largest absolute Gasteiger partial charge is 0.400 e. The summed E-state index contributed by atoms with van der Waals surface area (Å²) in [5, 5.41) is 3.43. The zero-order valence-electron chi connectivity index (χ0n) is 8.51. The predicted octanol–water partition coefficient (Wildman–Crippen LogP) is 0.331. The Bertz CT molecular complexity index is 381. The summed E-state index contributed by atoms with van der Waals surface area (Å²) >= 11 is 0. The van der Waals surface area contributed by atoms with E-state index >= 15 is 0 Å². The van der Waals surface area contributed by atoms with Crippen LogP contribution < -0.4 is 5.64 Å². The van der Waals surface area contributed by atoms with Crippen molar-refractivity contribution < 1.29 is 19.2 Å². The lowest BCUT2D eigenvalue weighted by Gasteiger charge is -1.83. The fourth-order valence-corrected chi connectivity index (χ4v) is 0.766. The van der Waals surface area contributed by atoms with Crippen LogP contribution in [-0.2, 0) is 19.2 Å². The van der Waals surface area contributed by atoms with Crippen LogP contribution >= 0.6 is 0 Å². The van der Waals surface area contributed by atoms with Crippen molar-refractivity contribution in [3.05, 3.63) is 22.0 Å². The van der Waals surface area contributed by atoms with Gasteiger partial charge in [-0.25, -0.2) is 4.84 Å². The van der Waals surface area contributed by atoms with Gasteiger partial charge < -0.3 is 4.74 Å². The molecule has 0 aromatic heterocycles. The van der Waals surface area contributed by atoms with Crippen molar-refractivity contribution in [2.75, 3.05) is 19.8 Å². The van der Waals surface area contributed by atoms with E-state index in [4.69, 9.17) is 14.3 Å². The highest BCUT2D eigenvalue weighted by atomic mass is 17.0. The van der Waals surface area contributed by atoms with Crippen molar-refractivity contribution in [3.63, 3.8) is 0 Å². The molecule has 16 heavy (non-hydrogen) atoms. The number of nitrogens with one attached hydrogen (secondary N) is 1. The first-order chi connectivity index (χ1) is 7.86. The molecule has 2 aliphatic rings. The lowest BCUT2D eigenvalue weighted by molar-refractivity contribution is -0.125. The number of ether oxygens (including phenoxy) is 2. The first-order valence-corrected chi connectivity index (χ1v) is 4.70. The molecule has 2 aliphatic heterocycles. The van der Waals surface area contributed by atoms with Crippen LogP contribution in [-0.4, -0.2) is 32.2 Å². The molecule has 0 amide bonds. The molecule has 2 rings (SSSR count). The molecule has 84 valence electrons. The monoisotopic (exact) mass is 225 g/mol. The lowest BCUT2D eigenvalue weighted by atomic mass is 10.3. The highest BCUT2D eigenvalue weighted by Gasteiger charge is 2.33. The minimum atomic E-state index is -0.0438. The van der Waals surface area contributed by atoms with Crippen LogP contribution in [0.4, 0.5) is 0 Å². The molecule has 2 saturated heterocycles. The molecule has 0 aromatic carbocycles. The first-order valence-electron chi connectivity index (χ1n) is 4.70. The summed E-state index contributed by atoms with van der Waals surface area (Å²) in [6, 6.07) is 5.15. The van der Waals surface area contributed by atoms with Crippen LogP contribution in [0.2, 0.25) is 0 Å². The van der Waals surface area contributed by atoms with E-state index in [-0.39, 0.29) is 18.9 Å². The van der Waals surface area contributed by atoms with Gasteiger partial charge in [-0.2, -0.15) is 0 Å². The summed E-state index contributed by atoms with van der Waals surface area (Å²) < 4.78 is 9.77. The van der Waals surface area contributed by atoms with E-state index in [0.29, 0.717) is 18.8 Å². The molecule has 0 saturated carbocycles. The van der Waals surface area contributed by atoms with Gasteiger partial charge in [0.25, 0.3) is 0 Å². The first kappa shape index (κ1) is 10.9. The van der Waals surface area contributed by atoms with Gasteiger partial charge in [-0.3, -0.25) is 4.74 Å². The van der Waals surface area contributed by atoms with Gasteiger partial charge >= 0.3 is 18.4 Å². The normalized spacial score (nSPS) is 24.5. The highest BCUT2D eigenvalue weighted by Crippen LogP contribution is 2.16. The maximum Gasteiger partial charge on any atom is 0.400 e. The minimum absolute atomic E-state index is 0.0345. The number of hydrogen-bond acceptors (Lipinski definition) is 5. The molecule has 2 heterocycles. The minimum Gasteiger partial charge on any atom is -0.367 e. The second-order valence-corrected chi connectivity index (χ2v) is 3.09. The van der Waals surface area contributed by atoms with Gasteiger partial charge in [0.1, 0.15) is 11.7 Å². The highest BCUT2D eigenvalue weighted by molar-refractivity contribution is 5.27. The van der Waals surface area contributed by atoms with Crippen LogP contribution in [0.15, 0.2) is 12.2 Å². The Hall–Kier alpha value is -1.64. The molecular weight excluding hydrogens is 214 g/mol. The molecule has 0 aliphatic carbocycles. The Kier molecular flexibility index (Phi) is 3.70. The quantitative estimate of drug-likeness (QED) is 0.323. The van der Waals surface area contributed by atoms with Crippen molar-refractivity contribution in [1.29, 1.82) is 0 Å². The van der Waals surface area contributed by atoms with Gasteiger partial charge in [0.05, 0.1) is 12.3 Å². The average molecular weight is 225 g/mol. The van der Waals surface area contributed by atoms with E-state index in [9.17, 15) is 0 Å². The Morgan fingerprint density at radius 2 is 2.31 bits per heavy atom. The van der Waals surface area contributed by atoms with Crippen molar-refractivity contribution in [2.24, 2.45) is 0 Å². The van der Waals surface area contributed by atoms with E-state index < -0.39 is 0 Å². The van der Waals surface area contributed by atoms with Crippen LogP contribution in [0.5, 0.6) is 0 Å². The maximum absolute atomic E-state index is 4.95. The zero-order valence-corrected chi connectivity index (χ0v) is 8.51. The molecule has 2 fully saturated rings. The lowest BCUT2D eigenvalue weighted by Crippen LogP contribution is -2.11. The van der Waals surface area contributed by atoms with E-state index in [1.165, 1.54) is 0 Å². The molecule has 0 bridgehead atoms. The second kappa shape index (κ2) is 5.45. The van der Waals surface area contributed by atoms with E-state index in [0.717, 1.165) is 0 Å². The molecule has 7 nitrogen and oxygen atoms in total. The van der Waals surface area contributed by atoms with Crippen LogP contribution in [0, 0.1) is 12.1 Å². The smallest absolute Gasteiger partial charge is 0.367 e.